The fraction of sp³-hybridized carbons (Fsp3) is 0.400. The van der Waals surface area contributed by atoms with E-state index in [4.69, 9.17) is 11.6 Å². The van der Waals surface area contributed by atoms with Crippen molar-refractivity contribution >= 4 is 29.2 Å². The lowest BCUT2D eigenvalue weighted by Gasteiger charge is -2.08. The molecule has 0 atom stereocenters. The van der Waals surface area contributed by atoms with Crippen molar-refractivity contribution < 1.29 is 0 Å². The molecular weight excluding hydrogens is 304 g/mol. The predicted octanol–water partition coefficient (Wildman–Crippen LogP) is 4.26. The molecule has 6 heteroatoms. The fourth-order valence-corrected chi connectivity index (χ4v) is 2.98. The molecule has 0 aliphatic rings. The van der Waals surface area contributed by atoms with Gasteiger partial charge in [-0.15, -0.1) is 0 Å². The highest BCUT2D eigenvalue weighted by molar-refractivity contribution is 7.98. The van der Waals surface area contributed by atoms with Crippen LogP contribution in [0.25, 0.3) is 0 Å². The largest absolute Gasteiger partial charge is 0.370 e. The highest BCUT2D eigenvalue weighted by Crippen LogP contribution is 2.25. The molecule has 0 unspecified atom stereocenters. The molecule has 21 heavy (non-hydrogen) atoms. The number of hydrogen-bond acceptors (Lipinski definition) is 5. The SMILES string of the molecule is CCCNc1ccc(Cl)c(CSc2nc(C)cc(C)n2)n1. The number of hydrogen-bond donors (Lipinski definition) is 1. The molecule has 0 bridgehead atoms. The average Bonchev–Trinajstić information content (AvgIpc) is 2.44. The van der Waals surface area contributed by atoms with Gasteiger partial charge >= 0.3 is 0 Å². The minimum atomic E-state index is 0.656. The Bertz CT molecular complexity index is 598. The van der Waals surface area contributed by atoms with Gasteiger partial charge in [0.1, 0.15) is 5.82 Å². The summed E-state index contributed by atoms with van der Waals surface area (Å²) in [5, 5.41) is 4.70. The molecule has 0 radical (unpaired) electrons. The van der Waals surface area contributed by atoms with Crippen LogP contribution in [0.2, 0.25) is 5.02 Å². The first-order valence-corrected chi connectivity index (χ1v) is 8.29. The van der Waals surface area contributed by atoms with Gasteiger partial charge in [0.15, 0.2) is 5.16 Å². The number of thioether (sulfide) groups is 1. The zero-order valence-electron chi connectivity index (χ0n) is 12.5. The molecule has 0 saturated carbocycles. The smallest absolute Gasteiger partial charge is 0.188 e. The summed E-state index contributed by atoms with van der Waals surface area (Å²) in [4.78, 5) is 13.4. The molecule has 1 N–H and O–H groups in total. The number of halogens is 1. The van der Waals surface area contributed by atoms with Gasteiger partial charge in [0.05, 0.1) is 10.7 Å². The van der Waals surface area contributed by atoms with E-state index < -0.39 is 0 Å². The van der Waals surface area contributed by atoms with Crippen molar-refractivity contribution in [3.8, 4) is 0 Å². The summed E-state index contributed by atoms with van der Waals surface area (Å²) in [5.74, 6) is 1.52. The zero-order chi connectivity index (χ0) is 15.2. The van der Waals surface area contributed by atoms with Gasteiger partial charge in [-0.05, 0) is 38.5 Å². The van der Waals surface area contributed by atoms with E-state index in [9.17, 15) is 0 Å². The van der Waals surface area contributed by atoms with Gasteiger partial charge in [-0.25, -0.2) is 15.0 Å². The second-order valence-corrected chi connectivity index (χ2v) is 6.12. The molecular formula is C15H19ClN4S. The molecule has 0 fully saturated rings. The lowest BCUT2D eigenvalue weighted by Crippen LogP contribution is -2.03. The van der Waals surface area contributed by atoms with Crippen molar-refractivity contribution in [2.24, 2.45) is 0 Å². The van der Waals surface area contributed by atoms with Crippen molar-refractivity contribution in [3.05, 3.63) is 40.3 Å². The van der Waals surface area contributed by atoms with Crippen molar-refractivity contribution in [1.29, 1.82) is 0 Å². The number of nitrogens with one attached hydrogen (secondary N) is 1. The molecule has 0 aliphatic heterocycles. The van der Waals surface area contributed by atoms with E-state index in [2.05, 4.69) is 27.2 Å². The van der Waals surface area contributed by atoms with E-state index >= 15 is 0 Å². The van der Waals surface area contributed by atoms with Crippen molar-refractivity contribution in [2.75, 3.05) is 11.9 Å². The van der Waals surface area contributed by atoms with Crippen LogP contribution in [0.1, 0.15) is 30.4 Å². The second-order valence-electron chi connectivity index (χ2n) is 4.77. The minimum Gasteiger partial charge on any atom is -0.370 e. The maximum atomic E-state index is 6.21. The summed E-state index contributed by atoms with van der Waals surface area (Å²) in [6.07, 6.45) is 1.06. The van der Waals surface area contributed by atoms with Crippen LogP contribution in [0.3, 0.4) is 0 Å². The van der Waals surface area contributed by atoms with Gasteiger partial charge in [0, 0.05) is 23.7 Å². The van der Waals surface area contributed by atoms with Gasteiger partial charge in [-0.3, -0.25) is 0 Å². The molecule has 0 aromatic carbocycles. The summed E-state index contributed by atoms with van der Waals surface area (Å²) in [6.45, 7) is 6.97. The third-order valence-corrected chi connectivity index (χ3v) is 3.98. The quantitative estimate of drug-likeness (QED) is 0.636. The molecule has 0 saturated heterocycles. The Labute approximate surface area is 134 Å². The van der Waals surface area contributed by atoms with E-state index in [1.54, 1.807) is 11.8 Å². The molecule has 2 aromatic rings. The van der Waals surface area contributed by atoms with Gasteiger partial charge in [-0.2, -0.15) is 0 Å². The average molecular weight is 323 g/mol. The molecule has 0 aliphatic carbocycles. The summed E-state index contributed by atoms with van der Waals surface area (Å²) in [6, 6.07) is 5.74. The highest BCUT2D eigenvalue weighted by atomic mass is 35.5. The Morgan fingerprint density at radius 2 is 1.86 bits per heavy atom. The monoisotopic (exact) mass is 322 g/mol. The van der Waals surface area contributed by atoms with Crippen LogP contribution in [0.4, 0.5) is 5.82 Å². The standard InChI is InChI=1S/C15H19ClN4S/c1-4-7-17-14-6-5-12(16)13(20-14)9-21-15-18-10(2)8-11(3)19-15/h5-6,8H,4,7,9H2,1-3H3,(H,17,20). The highest BCUT2D eigenvalue weighted by Gasteiger charge is 2.07. The zero-order valence-corrected chi connectivity index (χ0v) is 14.1. The third-order valence-electron chi connectivity index (χ3n) is 2.77. The summed E-state index contributed by atoms with van der Waals surface area (Å²) in [5.41, 5.74) is 2.80. The Morgan fingerprint density at radius 1 is 1.14 bits per heavy atom. The Kier molecular flexibility index (Phi) is 5.82. The number of anilines is 1. The van der Waals surface area contributed by atoms with Crippen LogP contribution in [-0.2, 0) is 5.75 Å². The van der Waals surface area contributed by atoms with Crippen LogP contribution in [0.5, 0.6) is 0 Å². The predicted molar refractivity (Wildman–Crippen MR) is 89.1 cm³/mol. The minimum absolute atomic E-state index is 0.656. The van der Waals surface area contributed by atoms with Crippen LogP contribution in [0.15, 0.2) is 23.4 Å². The van der Waals surface area contributed by atoms with E-state index in [1.807, 2.05) is 32.0 Å². The Morgan fingerprint density at radius 3 is 2.52 bits per heavy atom. The van der Waals surface area contributed by atoms with E-state index in [0.717, 1.165) is 41.0 Å². The van der Waals surface area contributed by atoms with E-state index in [0.29, 0.717) is 10.8 Å². The molecule has 0 amide bonds. The topological polar surface area (TPSA) is 50.7 Å². The Balaban J connectivity index is 2.08. The maximum absolute atomic E-state index is 6.21. The molecule has 2 rings (SSSR count). The van der Waals surface area contributed by atoms with Crippen molar-refractivity contribution in [1.82, 2.24) is 15.0 Å². The summed E-state index contributed by atoms with van der Waals surface area (Å²) < 4.78 is 0. The number of aromatic nitrogens is 3. The van der Waals surface area contributed by atoms with Gasteiger partial charge in [-0.1, -0.05) is 30.3 Å². The number of aryl methyl sites for hydroxylation is 2. The molecule has 4 nitrogen and oxygen atoms in total. The van der Waals surface area contributed by atoms with Gasteiger partial charge in [0.2, 0.25) is 0 Å². The maximum Gasteiger partial charge on any atom is 0.188 e. The van der Waals surface area contributed by atoms with Gasteiger partial charge in [0.25, 0.3) is 0 Å². The summed E-state index contributed by atoms with van der Waals surface area (Å²) in [7, 11) is 0. The fourth-order valence-electron chi connectivity index (χ4n) is 1.83. The molecule has 2 aromatic heterocycles. The number of rotatable bonds is 6. The first kappa shape index (κ1) is 16.0. The van der Waals surface area contributed by atoms with Crippen molar-refractivity contribution in [2.45, 2.75) is 38.1 Å². The number of nitrogens with zero attached hydrogens (tertiary/aromatic N) is 3. The summed E-state index contributed by atoms with van der Waals surface area (Å²) >= 11 is 7.77. The van der Waals surface area contributed by atoms with Crippen molar-refractivity contribution in [3.63, 3.8) is 0 Å². The third kappa shape index (κ3) is 4.86. The van der Waals surface area contributed by atoms with Crippen LogP contribution in [0, 0.1) is 13.8 Å². The first-order valence-electron chi connectivity index (χ1n) is 6.93. The van der Waals surface area contributed by atoms with E-state index in [-0.39, 0.29) is 0 Å². The normalized spacial score (nSPS) is 10.7. The lowest BCUT2D eigenvalue weighted by atomic mass is 10.3. The molecule has 0 spiro atoms. The molecule has 2 heterocycles. The second kappa shape index (κ2) is 7.61. The number of pyridine rings is 1. The van der Waals surface area contributed by atoms with Gasteiger partial charge < -0.3 is 5.32 Å². The van der Waals surface area contributed by atoms with E-state index in [1.165, 1.54) is 0 Å². The molecule has 112 valence electrons. The Hall–Kier alpha value is -1.33. The van der Waals surface area contributed by atoms with Crippen LogP contribution >= 0.6 is 23.4 Å². The lowest BCUT2D eigenvalue weighted by molar-refractivity contribution is 0.901. The first-order chi connectivity index (χ1) is 10.1. The van der Waals surface area contributed by atoms with Crippen LogP contribution in [-0.4, -0.2) is 21.5 Å². The van der Waals surface area contributed by atoms with Crippen LogP contribution < -0.4 is 5.32 Å².